The molecule has 1 N–H and O–H groups in total. The van der Waals surface area contributed by atoms with Crippen molar-refractivity contribution in [2.24, 2.45) is 0 Å². The van der Waals surface area contributed by atoms with Crippen LogP contribution < -0.4 is 5.32 Å². The second kappa shape index (κ2) is 9.19. The summed E-state index contributed by atoms with van der Waals surface area (Å²) in [7, 11) is 1.76. The Morgan fingerprint density at radius 2 is 1.48 bits per heavy atom. The summed E-state index contributed by atoms with van der Waals surface area (Å²) in [5.41, 5.74) is 0. The van der Waals surface area contributed by atoms with Crippen LogP contribution in [0.25, 0.3) is 0 Å². The summed E-state index contributed by atoms with van der Waals surface area (Å²) in [6, 6.07) is 0. The lowest BCUT2D eigenvalue weighted by Crippen LogP contribution is -2.54. The summed E-state index contributed by atoms with van der Waals surface area (Å²) in [5, 5.41) is 2.86. The quantitative estimate of drug-likeness (QED) is 0.692. The molecule has 2 rings (SSSR count). The number of nitrogens with one attached hydrogen (secondary N) is 1. The molecule has 0 radical (unpaired) electrons. The Kier molecular flexibility index (Phi) is 7.95. The number of rotatable bonds is 4. The third-order valence-electron chi connectivity index (χ3n) is 3.78. The van der Waals surface area contributed by atoms with E-state index in [1.807, 2.05) is 9.80 Å². The topological polar surface area (TPSA) is 65.1 Å². The molecule has 0 saturated carbocycles. The van der Waals surface area contributed by atoms with Crippen LogP contribution in [-0.4, -0.2) is 99.1 Å². The molecule has 2 heterocycles. The van der Waals surface area contributed by atoms with Crippen LogP contribution in [0.3, 0.4) is 0 Å². The molecule has 0 bridgehead atoms. The second-order valence-corrected chi connectivity index (χ2v) is 5.18. The number of hydrogen-bond donors (Lipinski definition) is 1. The number of carbonyl (C=O) groups is 2. The van der Waals surface area contributed by atoms with Gasteiger partial charge in [-0.25, -0.2) is 0 Å². The highest BCUT2D eigenvalue weighted by Gasteiger charge is 2.25. The highest BCUT2D eigenvalue weighted by atomic mass is 35.5. The minimum absolute atomic E-state index is 0. The Balaban J connectivity index is 0.00000220. The molecule has 8 heteroatoms. The van der Waals surface area contributed by atoms with Gasteiger partial charge in [0.15, 0.2) is 0 Å². The fraction of sp³-hybridized carbons (Fsp3) is 0.846. The first-order valence-corrected chi connectivity index (χ1v) is 7.21. The van der Waals surface area contributed by atoms with Crippen molar-refractivity contribution >= 4 is 24.2 Å². The molecule has 2 amide bonds. The first-order valence-electron chi connectivity index (χ1n) is 7.21. The molecule has 0 aromatic heterocycles. The van der Waals surface area contributed by atoms with Crippen LogP contribution in [0.5, 0.6) is 0 Å². The zero-order valence-electron chi connectivity index (χ0n) is 12.5. The molecule has 0 unspecified atom stereocenters. The molecule has 2 aliphatic heterocycles. The summed E-state index contributed by atoms with van der Waals surface area (Å²) in [6.07, 6.45) is 0. The van der Waals surface area contributed by atoms with Gasteiger partial charge >= 0.3 is 0 Å². The minimum atomic E-state index is 0. The van der Waals surface area contributed by atoms with Crippen LogP contribution in [-0.2, 0) is 14.3 Å². The van der Waals surface area contributed by atoms with Crippen molar-refractivity contribution in [3.63, 3.8) is 0 Å². The smallest absolute Gasteiger partial charge is 0.236 e. The third-order valence-corrected chi connectivity index (χ3v) is 3.78. The van der Waals surface area contributed by atoms with Gasteiger partial charge in [0.05, 0.1) is 26.3 Å². The standard InChI is InChI=1S/C13H24N4O3.ClH/c1-14-10-12(18)16-2-4-17(5-3-16)13(19)11-15-6-8-20-9-7-15;/h14H,2-11H2,1H3;1H. The predicted octanol–water partition coefficient (Wildman–Crippen LogP) is -1.37. The van der Waals surface area contributed by atoms with Gasteiger partial charge in [0.2, 0.25) is 11.8 Å². The van der Waals surface area contributed by atoms with Gasteiger partial charge in [-0.3, -0.25) is 14.5 Å². The lowest BCUT2D eigenvalue weighted by Gasteiger charge is -2.36. The lowest BCUT2D eigenvalue weighted by atomic mass is 10.3. The lowest BCUT2D eigenvalue weighted by molar-refractivity contribution is -0.140. The van der Waals surface area contributed by atoms with Gasteiger partial charge in [0.25, 0.3) is 0 Å². The molecule has 0 aliphatic carbocycles. The SMILES string of the molecule is CNCC(=O)N1CCN(C(=O)CN2CCOCC2)CC1.Cl. The van der Waals surface area contributed by atoms with E-state index in [0.717, 1.165) is 13.1 Å². The predicted molar refractivity (Wildman–Crippen MR) is 81.6 cm³/mol. The van der Waals surface area contributed by atoms with E-state index >= 15 is 0 Å². The summed E-state index contributed by atoms with van der Waals surface area (Å²) in [4.78, 5) is 29.7. The van der Waals surface area contributed by atoms with Gasteiger partial charge < -0.3 is 19.9 Å². The highest BCUT2D eigenvalue weighted by molar-refractivity contribution is 5.85. The van der Waals surface area contributed by atoms with Crippen LogP contribution in [0.4, 0.5) is 0 Å². The molecule has 2 aliphatic rings. The van der Waals surface area contributed by atoms with Gasteiger partial charge in [0, 0.05) is 39.3 Å². The van der Waals surface area contributed by atoms with E-state index in [2.05, 4.69) is 10.2 Å². The molecule has 21 heavy (non-hydrogen) atoms. The Morgan fingerprint density at radius 3 is 2.00 bits per heavy atom. The van der Waals surface area contributed by atoms with Crippen LogP contribution >= 0.6 is 12.4 Å². The van der Waals surface area contributed by atoms with Crippen LogP contribution in [0.2, 0.25) is 0 Å². The number of nitrogens with zero attached hydrogens (tertiary/aromatic N) is 3. The molecule has 2 fully saturated rings. The fourth-order valence-electron chi connectivity index (χ4n) is 2.52. The van der Waals surface area contributed by atoms with Crippen molar-refractivity contribution in [3.05, 3.63) is 0 Å². The largest absolute Gasteiger partial charge is 0.379 e. The molecular formula is C13H25ClN4O3. The average Bonchev–Trinajstić information content (AvgIpc) is 2.48. The molecule has 7 nitrogen and oxygen atoms in total. The number of halogens is 1. The number of carbonyl (C=O) groups excluding carboxylic acids is 2. The van der Waals surface area contributed by atoms with E-state index in [1.165, 1.54) is 0 Å². The molecule has 0 aromatic rings. The van der Waals surface area contributed by atoms with Crippen molar-refractivity contribution in [1.29, 1.82) is 0 Å². The van der Waals surface area contributed by atoms with Crippen molar-refractivity contribution < 1.29 is 14.3 Å². The zero-order chi connectivity index (χ0) is 14.4. The van der Waals surface area contributed by atoms with Gasteiger partial charge in [-0.15, -0.1) is 12.4 Å². The van der Waals surface area contributed by atoms with E-state index < -0.39 is 0 Å². The van der Waals surface area contributed by atoms with Crippen molar-refractivity contribution in [3.8, 4) is 0 Å². The minimum Gasteiger partial charge on any atom is -0.379 e. The highest BCUT2D eigenvalue weighted by Crippen LogP contribution is 2.04. The van der Waals surface area contributed by atoms with E-state index in [0.29, 0.717) is 52.5 Å². The number of ether oxygens (including phenoxy) is 1. The average molecular weight is 321 g/mol. The molecule has 2 saturated heterocycles. The monoisotopic (exact) mass is 320 g/mol. The normalized spacial score (nSPS) is 20.0. The van der Waals surface area contributed by atoms with Crippen LogP contribution in [0.15, 0.2) is 0 Å². The van der Waals surface area contributed by atoms with Crippen molar-refractivity contribution in [2.75, 3.05) is 72.6 Å². The number of morpholine rings is 1. The van der Waals surface area contributed by atoms with E-state index in [4.69, 9.17) is 4.74 Å². The fourth-order valence-corrected chi connectivity index (χ4v) is 2.52. The maximum atomic E-state index is 12.2. The van der Waals surface area contributed by atoms with E-state index in [9.17, 15) is 9.59 Å². The number of amides is 2. The maximum Gasteiger partial charge on any atom is 0.236 e. The second-order valence-electron chi connectivity index (χ2n) is 5.18. The molecule has 0 atom stereocenters. The zero-order valence-corrected chi connectivity index (χ0v) is 13.4. The third kappa shape index (κ3) is 5.43. The summed E-state index contributed by atoms with van der Waals surface area (Å²) >= 11 is 0. The van der Waals surface area contributed by atoms with Gasteiger partial charge in [-0.05, 0) is 7.05 Å². The molecule has 0 aromatic carbocycles. The number of hydrogen-bond acceptors (Lipinski definition) is 5. The van der Waals surface area contributed by atoms with E-state index in [1.54, 1.807) is 7.05 Å². The van der Waals surface area contributed by atoms with Gasteiger partial charge in [0.1, 0.15) is 0 Å². The van der Waals surface area contributed by atoms with Crippen LogP contribution in [0.1, 0.15) is 0 Å². The Morgan fingerprint density at radius 1 is 0.952 bits per heavy atom. The Hall–Kier alpha value is -0.890. The van der Waals surface area contributed by atoms with Crippen molar-refractivity contribution in [1.82, 2.24) is 20.0 Å². The Bertz CT molecular complexity index is 342. The summed E-state index contributed by atoms with van der Waals surface area (Å²) < 4.78 is 5.27. The molecule has 122 valence electrons. The maximum absolute atomic E-state index is 12.2. The summed E-state index contributed by atoms with van der Waals surface area (Å²) in [6.45, 7) is 6.44. The first-order chi connectivity index (χ1) is 9.70. The number of piperazine rings is 1. The first kappa shape index (κ1) is 18.2. The van der Waals surface area contributed by atoms with Gasteiger partial charge in [-0.1, -0.05) is 0 Å². The molecular weight excluding hydrogens is 296 g/mol. The van der Waals surface area contributed by atoms with Crippen molar-refractivity contribution in [2.45, 2.75) is 0 Å². The Labute approximate surface area is 132 Å². The van der Waals surface area contributed by atoms with E-state index in [-0.39, 0.29) is 24.2 Å². The van der Waals surface area contributed by atoms with Gasteiger partial charge in [-0.2, -0.15) is 0 Å². The summed E-state index contributed by atoms with van der Waals surface area (Å²) in [5.74, 6) is 0.264. The van der Waals surface area contributed by atoms with Crippen LogP contribution in [0, 0.1) is 0 Å². The number of likely N-dealkylation sites (N-methyl/N-ethyl adjacent to an activating group) is 1. The molecule has 0 spiro atoms.